The Balaban J connectivity index is 2.19. The monoisotopic (exact) mass is 297 g/mol. The first-order valence-electron chi connectivity index (χ1n) is 7.01. The fourth-order valence-electron chi connectivity index (χ4n) is 1.94. The van der Waals surface area contributed by atoms with Crippen molar-refractivity contribution in [1.82, 2.24) is 0 Å². The van der Waals surface area contributed by atoms with E-state index in [1.165, 1.54) is 6.08 Å². The van der Waals surface area contributed by atoms with Crippen molar-refractivity contribution in [2.24, 2.45) is 0 Å². The first-order chi connectivity index (χ1) is 10.7. The Morgan fingerprint density at radius 3 is 2.59 bits per heavy atom. The van der Waals surface area contributed by atoms with E-state index < -0.39 is 5.97 Å². The molecule has 0 radical (unpaired) electrons. The summed E-state index contributed by atoms with van der Waals surface area (Å²) in [6.07, 6.45) is 2.42. The number of benzene rings is 2. The number of rotatable bonds is 7. The molecule has 0 fully saturated rings. The van der Waals surface area contributed by atoms with Crippen LogP contribution in [0.1, 0.15) is 18.1 Å². The Labute approximate surface area is 129 Å². The zero-order valence-electron chi connectivity index (χ0n) is 12.3. The van der Waals surface area contributed by atoms with Gasteiger partial charge in [0.25, 0.3) is 0 Å². The molecule has 0 bridgehead atoms. The van der Waals surface area contributed by atoms with Crippen molar-refractivity contribution >= 4 is 12.0 Å². The summed E-state index contributed by atoms with van der Waals surface area (Å²) < 4.78 is 11.2. The van der Waals surface area contributed by atoms with E-state index in [2.05, 4.69) is 0 Å². The van der Waals surface area contributed by atoms with E-state index in [9.17, 15) is 9.90 Å². The SMILES string of the molecule is CCOc1ccc(OCc2ccccc2)c(/C=C/C(=O)[O-])c1. The molecule has 2 aromatic rings. The average Bonchev–Trinajstić information content (AvgIpc) is 2.53. The number of carbonyl (C=O) groups is 1. The van der Waals surface area contributed by atoms with Gasteiger partial charge in [-0.05, 0) is 42.8 Å². The van der Waals surface area contributed by atoms with Crippen LogP contribution in [0.15, 0.2) is 54.6 Å². The predicted octanol–water partition coefficient (Wildman–Crippen LogP) is 2.43. The summed E-state index contributed by atoms with van der Waals surface area (Å²) >= 11 is 0. The molecule has 0 unspecified atom stereocenters. The molecule has 4 nitrogen and oxygen atoms in total. The number of hydrogen-bond acceptors (Lipinski definition) is 4. The summed E-state index contributed by atoms with van der Waals surface area (Å²) in [6, 6.07) is 15.0. The first kappa shape index (κ1) is 15.6. The highest BCUT2D eigenvalue weighted by molar-refractivity contribution is 5.84. The van der Waals surface area contributed by atoms with Gasteiger partial charge >= 0.3 is 0 Å². The molecule has 0 saturated heterocycles. The summed E-state index contributed by atoms with van der Waals surface area (Å²) in [5.41, 5.74) is 1.66. The first-order valence-corrected chi connectivity index (χ1v) is 7.01. The molecule has 0 aliphatic rings. The lowest BCUT2D eigenvalue weighted by atomic mass is 10.1. The zero-order chi connectivity index (χ0) is 15.8. The molecule has 0 amide bonds. The van der Waals surface area contributed by atoms with Gasteiger partial charge in [0.05, 0.1) is 12.6 Å². The third kappa shape index (κ3) is 4.66. The second-order valence-electron chi connectivity index (χ2n) is 4.56. The summed E-state index contributed by atoms with van der Waals surface area (Å²) in [4.78, 5) is 10.6. The highest BCUT2D eigenvalue weighted by Gasteiger charge is 2.04. The van der Waals surface area contributed by atoms with Gasteiger partial charge in [-0.15, -0.1) is 0 Å². The van der Waals surface area contributed by atoms with Crippen molar-refractivity contribution in [3.05, 3.63) is 65.7 Å². The molecule has 2 rings (SSSR count). The van der Waals surface area contributed by atoms with Crippen LogP contribution >= 0.6 is 0 Å². The quantitative estimate of drug-likeness (QED) is 0.736. The van der Waals surface area contributed by atoms with Crippen LogP contribution < -0.4 is 14.6 Å². The number of carboxylic acids is 1. The van der Waals surface area contributed by atoms with Crippen LogP contribution in [0.4, 0.5) is 0 Å². The number of carbonyl (C=O) groups excluding carboxylic acids is 1. The van der Waals surface area contributed by atoms with Crippen LogP contribution in [0, 0.1) is 0 Å². The molecule has 0 saturated carbocycles. The normalized spacial score (nSPS) is 10.6. The lowest BCUT2D eigenvalue weighted by Crippen LogP contribution is -2.18. The number of hydrogen-bond donors (Lipinski definition) is 0. The van der Waals surface area contributed by atoms with E-state index in [1.54, 1.807) is 18.2 Å². The van der Waals surface area contributed by atoms with Crippen molar-refractivity contribution in [2.75, 3.05) is 6.61 Å². The van der Waals surface area contributed by atoms with Crippen LogP contribution in [0.25, 0.3) is 6.08 Å². The fourth-order valence-corrected chi connectivity index (χ4v) is 1.94. The third-order valence-corrected chi connectivity index (χ3v) is 2.93. The van der Waals surface area contributed by atoms with E-state index in [-0.39, 0.29) is 0 Å². The van der Waals surface area contributed by atoms with E-state index >= 15 is 0 Å². The average molecular weight is 297 g/mol. The predicted molar refractivity (Wildman–Crippen MR) is 82.4 cm³/mol. The maximum atomic E-state index is 10.6. The van der Waals surface area contributed by atoms with Crippen LogP contribution in [0.5, 0.6) is 11.5 Å². The Morgan fingerprint density at radius 2 is 1.91 bits per heavy atom. The van der Waals surface area contributed by atoms with E-state index in [0.29, 0.717) is 30.3 Å². The van der Waals surface area contributed by atoms with Gasteiger partial charge in [-0.1, -0.05) is 30.3 Å². The van der Waals surface area contributed by atoms with Crippen molar-refractivity contribution in [3.8, 4) is 11.5 Å². The van der Waals surface area contributed by atoms with Gasteiger partial charge < -0.3 is 19.4 Å². The molecular formula is C18H17O4-. The molecule has 22 heavy (non-hydrogen) atoms. The van der Waals surface area contributed by atoms with E-state index in [1.807, 2.05) is 37.3 Å². The lowest BCUT2D eigenvalue weighted by Gasteiger charge is -2.12. The molecule has 0 heterocycles. The highest BCUT2D eigenvalue weighted by Crippen LogP contribution is 2.26. The van der Waals surface area contributed by atoms with E-state index in [4.69, 9.17) is 9.47 Å². The topological polar surface area (TPSA) is 58.6 Å². The molecule has 0 spiro atoms. The van der Waals surface area contributed by atoms with Crippen LogP contribution in [0.3, 0.4) is 0 Å². The maximum absolute atomic E-state index is 10.6. The number of aliphatic carboxylic acids is 1. The Kier molecular flexibility index (Phi) is 5.60. The maximum Gasteiger partial charge on any atom is 0.127 e. The van der Waals surface area contributed by atoms with Crippen LogP contribution in [-0.2, 0) is 11.4 Å². The summed E-state index contributed by atoms with van der Waals surface area (Å²) in [7, 11) is 0. The molecule has 2 aromatic carbocycles. The van der Waals surface area contributed by atoms with E-state index in [0.717, 1.165) is 11.6 Å². The molecule has 114 valence electrons. The molecule has 0 aliphatic heterocycles. The summed E-state index contributed by atoms with van der Waals surface area (Å²) in [6.45, 7) is 2.82. The minimum atomic E-state index is -1.25. The van der Waals surface area contributed by atoms with Gasteiger partial charge in [0.15, 0.2) is 0 Å². The smallest absolute Gasteiger partial charge is 0.127 e. The minimum Gasteiger partial charge on any atom is -0.545 e. The zero-order valence-corrected chi connectivity index (χ0v) is 12.3. The molecule has 0 N–H and O–H groups in total. The van der Waals surface area contributed by atoms with Gasteiger partial charge in [0.1, 0.15) is 18.1 Å². The number of ether oxygens (including phenoxy) is 2. The lowest BCUT2D eigenvalue weighted by molar-refractivity contribution is -0.297. The second-order valence-corrected chi connectivity index (χ2v) is 4.56. The number of carboxylic acid groups (broad SMARTS) is 1. The van der Waals surface area contributed by atoms with Gasteiger partial charge in [-0.2, -0.15) is 0 Å². The second kappa shape index (κ2) is 7.88. The standard InChI is InChI=1S/C18H18O4/c1-2-21-16-9-10-17(15(12-16)8-11-18(19)20)22-13-14-6-4-3-5-7-14/h3-12H,2,13H2,1H3,(H,19,20)/p-1/b11-8+. The summed E-state index contributed by atoms with van der Waals surface area (Å²) in [5.74, 6) is -0.00631. The van der Waals surface area contributed by atoms with Crippen molar-refractivity contribution in [1.29, 1.82) is 0 Å². The van der Waals surface area contributed by atoms with Crippen LogP contribution in [-0.4, -0.2) is 12.6 Å². The molecule has 0 atom stereocenters. The van der Waals surface area contributed by atoms with Gasteiger partial charge in [-0.25, -0.2) is 0 Å². The molecule has 0 aliphatic carbocycles. The van der Waals surface area contributed by atoms with Gasteiger partial charge in [0, 0.05) is 5.56 Å². The minimum absolute atomic E-state index is 0.404. The van der Waals surface area contributed by atoms with Gasteiger partial charge in [-0.3, -0.25) is 0 Å². The summed E-state index contributed by atoms with van der Waals surface area (Å²) in [5, 5.41) is 10.6. The van der Waals surface area contributed by atoms with Crippen molar-refractivity contribution < 1.29 is 19.4 Å². The van der Waals surface area contributed by atoms with Crippen molar-refractivity contribution in [2.45, 2.75) is 13.5 Å². The highest BCUT2D eigenvalue weighted by atomic mass is 16.5. The third-order valence-electron chi connectivity index (χ3n) is 2.93. The van der Waals surface area contributed by atoms with Crippen molar-refractivity contribution in [3.63, 3.8) is 0 Å². The fraction of sp³-hybridized carbons (Fsp3) is 0.167. The Hall–Kier alpha value is -2.75. The molecular weight excluding hydrogens is 280 g/mol. The Morgan fingerprint density at radius 1 is 1.14 bits per heavy atom. The molecule has 4 heteroatoms. The molecule has 0 aromatic heterocycles. The largest absolute Gasteiger partial charge is 0.545 e. The van der Waals surface area contributed by atoms with Crippen LogP contribution in [0.2, 0.25) is 0 Å². The Bertz CT molecular complexity index is 647. The van der Waals surface area contributed by atoms with Gasteiger partial charge in [0.2, 0.25) is 0 Å².